The van der Waals surface area contributed by atoms with E-state index >= 15 is 0 Å². The molecule has 2 atom stereocenters. The lowest BCUT2D eigenvalue weighted by Crippen LogP contribution is -2.08. The quantitative estimate of drug-likeness (QED) is 0.275. The number of hydrogen-bond acceptors (Lipinski definition) is 2. The van der Waals surface area contributed by atoms with Gasteiger partial charge in [0.1, 0.15) is 0 Å². The zero-order chi connectivity index (χ0) is 21.6. The summed E-state index contributed by atoms with van der Waals surface area (Å²) in [6, 6.07) is 6.30. The summed E-state index contributed by atoms with van der Waals surface area (Å²) in [5, 5.41) is 0. The van der Waals surface area contributed by atoms with E-state index < -0.39 is 0 Å². The highest BCUT2D eigenvalue weighted by Crippen LogP contribution is 2.29. The average Bonchev–Trinajstić information content (AvgIpc) is 2.63. The topological polar surface area (TPSA) is 18.5 Å². The largest absolute Gasteiger partial charge is 0.490 e. The Balaban J connectivity index is 2.37. The van der Waals surface area contributed by atoms with E-state index in [-0.39, 0.29) is 0 Å². The Morgan fingerprint density at radius 1 is 0.621 bits per heavy atom. The summed E-state index contributed by atoms with van der Waals surface area (Å²) in [7, 11) is 0. The van der Waals surface area contributed by atoms with Crippen molar-refractivity contribution in [3.63, 3.8) is 0 Å². The average molecular weight is 405 g/mol. The van der Waals surface area contributed by atoms with Crippen LogP contribution in [0.2, 0.25) is 0 Å². The molecule has 0 spiro atoms. The Kier molecular flexibility index (Phi) is 13.1. The van der Waals surface area contributed by atoms with Crippen molar-refractivity contribution < 1.29 is 9.47 Å². The molecule has 2 unspecified atom stereocenters. The summed E-state index contributed by atoms with van der Waals surface area (Å²) >= 11 is 0. The number of benzene rings is 1. The van der Waals surface area contributed by atoms with E-state index in [9.17, 15) is 0 Å². The van der Waals surface area contributed by atoms with Crippen molar-refractivity contribution in [1.29, 1.82) is 0 Å². The fourth-order valence-corrected chi connectivity index (χ4v) is 3.63. The molecular formula is C27H48O2. The highest BCUT2D eigenvalue weighted by molar-refractivity contribution is 5.42. The molecule has 0 aromatic heterocycles. The van der Waals surface area contributed by atoms with Crippen LogP contribution in [-0.2, 0) is 0 Å². The van der Waals surface area contributed by atoms with Crippen molar-refractivity contribution in [3.8, 4) is 11.5 Å². The van der Waals surface area contributed by atoms with Gasteiger partial charge in [0, 0.05) is 0 Å². The molecule has 0 bridgehead atoms. The minimum atomic E-state index is 0.717. The Bertz CT molecular complexity index is 535. The number of rotatable bonds is 16. The van der Waals surface area contributed by atoms with Crippen LogP contribution in [-0.4, -0.2) is 13.2 Å². The van der Waals surface area contributed by atoms with Gasteiger partial charge in [-0.1, -0.05) is 86.1 Å². The summed E-state index contributed by atoms with van der Waals surface area (Å²) in [4.78, 5) is 0. The van der Waals surface area contributed by atoms with Crippen LogP contribution in [0, 0.1) is 30.6 Å². The van der Waals surface area contributed by atoms with E-state index in [1.807, 2.05) is 0 Å². The van der Waals surface area contributed by atoms with Gasteiger partial charge in [-0.2, -0.15) is 0 Å². The molecule has 2 heteroatoms. The molecule has 2 nitrogen and oxygen atoms in total. The molecule has 0 radical (unpaired) electrons. The minimum absolute atomic E-state index is 0.717. The second-order valence-corrected chi connectivity index (χ2v) is 10.1. The van der Waals surface area contributed by atoms with Gasteiger partial charge in [0.15, 0.2) is 11.5 Å². The molecule has 0 fully saturated rings. The number of hydrogen-bond donors (Lipinski definition) is 0. The fraction of sp³-hybridized carbons (Fsp3) is 0.778. The number of aryl methyl sites for hydroxylation is 1. The van der Waals surface area contributed by atoms with Crippen LogP contribution in [0.5, 0.6) is 11.5 Å². The van der Waals surface area contributed by atoms with Gasteiger partial charge >= 0.3 is 0 Å². The number of ether oxygens (including phenoxy) is 2. The molecule has 0 amide bonds. The molecule has 1 aromatic carbocycles. The smallest absolute Gasteiger partial charge is 0.161 e. The second kappa shape index (κ2) is 14.7. The summed E-state index contributed by atoms with van der Waals surface area (Å²) in [6.07, 6.45) is 10.1. The molecule has 0 aliphatic carbocycles. The molecule has 0 aliphatic heterocycles. The van der Waals surface area contributed by atoms with Gasteiger partial charge in [-0.3, -0.25) is 0 Å². The maximum absolute atomic E-state index is 6.14. The minimum Gasteiger partial charge on any atom is -0.490 e. The summed E-state index contributed by atoms with van der Waals surface area (Å²) < 4.78 is 12.3. The summed E-state index contributed by atoms with van der Waals surface area (Å²) in [5.74, 6) is 4.86. The third kappa shape index (κ3) is 12.9. The van der Waals surface area contributed by atoms with Crippen LogP contribution in [0.25, 0.3) is 0 Å². The standard InChI is InChI=1S/C27H48O2/c1-21(2)10-8-12-23(5)16-18-28-26-15-14-25(7)20-27(26)29-19-17-24(6)13-9-11-22(3)4/h14-15,20-24H,8-13,16-19H2,1-7H3. The maximum atomic E-state index is 6.14. The van der Waals surface area contributed by atoms with Gasteiger partial charge in [0.05, 0.1) is 13.2 Å². The molecule has 168 valence electrons. The van der Waals surface area contributed by atoms with Crippen LogP contribution in [0.3, 0.4) is 0 Å². The molecule has 0 saturated heterocycles. The van der Waals surface area contributed by atoms with Crippen molar-refractivity contribution in [2.45, 2.75) is 99.8 Å². The monoisotopic (exact) mass is 404 g/mol. The Labute approximate surface area is 181 Å². The molecule has 0 saturated carbocycles. The first-order valence-electron chi connectivity index (χ1n) is 12.1. The zero-order valence-electron chi connectivity index (χ0n) is 20.4. The van der Waals surface area contributed by atoms with Crippen LogP contribution < -0.4 is 9.47 Å². The van der Waals surface area contributed by atoms with E-state index in [1.54, 1.807) is 0 Å². The molecule has 1 rings (SSSR count). The van der Waals surface area contributed by atoms with Gasteiger partial charge in [0.2, 0.25) is 0 Å². The Morgan fingerprint density at radius 2 is 1.10 bits per heavy atom. The lowest BCUT2D eigenvalue weighted by molar-refractivity contribution is 0.237. The molecule has 0 N–H and O–H groups in total. The van der Waals surface area contributed by atoms with Gasteiger partial charge in [-0.15, -0.1) is 0 Å². The van der Waals surface area contributed by atoms with Crippen molar-refractivity contribution in [1.82, 2.24) is 0 Å². The molecular weight excluding hydrogens is 356 g/mol. The highest BCUT2D eigenvalue weighted by atomic mass is 16.5. The van der Waals surface area contributed by atoms with Gasteiger partial charge in [-0.05, 0) is 61.1 Å². The summed E-state index contributed by atoms with van der Waals surface area (Å²) in [6.45, 7) is 17.6. The van der Waals surface area contributed by atoms with Crippen LogP contribution in [0.1, 0.15) is 98.5 Å². The van der Waals surface area contributed by atoms with E-state index in [1.165, 1.54) is 44.1 Å². The van der Waals surface area contributed by atoms with Gasteiger partial charge in [0.25, 0.3) is 0 Å². The lowest BCUT2D eigenvalue weighted by atomic mass is 9.97. The fourth-order valence-electron chi connectivity index (χ4n) is 3.63. The van der Waals surface area contributed by atoms with E-state index in [4.69, 9.17) is 9.47 Å². The Morgan fingerprint density at radius 3 is 1.59 bits per heavy atom. The lowest BCUT2D eigenvalue weighted by Gasteiger charge is -2.17. The van der Waals surface area contributed by atoms with Crippen LogP contribution in [0.4, 0.5) is 0 Å². The van der Waals surface area contributed by atoms with Crippen LogP contribution in [0.15, 0.2) is 18.2 Å². The zero-order valence-corrected chi connectivity index (χ0v) is 20.4. The first-order chi connectivity index (χ1) is 13.8. The van der Waals surface area contributed by atoms with Gasteiger partial charge in [-0.25, -0.2) is 0 Å². The van der Waals surface area contributed by atoms with E-state index in [0.29, 0.717) is 0 Å². The molecule has 1 aromatic rings. The van der Waals surface area contributed by atoms with Crippen molar-refractivity contribution in [2.24, 2.45) is 23.7 Å². The van der Waals surface area contributed by atoms with E-state index in [2.05, 4.69) is 66.7 Å². The first-order valence-corrected chi connectivity index (χ1v) is 12.1. The first kappa shape index (κ1) is 25.9. The van der Waals surface area contributed by atoms with Crippen LogP contribution >= 0.6 is 0 Å². The molecule has 29 heavy (non-hydrogen) atoms. The molecule has 0 heterocycles. The van der Waals surface area contributed by atoms with Gasteiger partial charge < -0.3 is 9.47 Å². The summed E-state index contributed by atoms with van der Waals surface area (Å²) in [5.41, 5.74) is 1.22. The predicted octanol–water partition coefficient (Wildman–Crippen LogP) is 8.46. The maximum Gasteiger partial charge on any atom is 0.161 e. The highest BCUT2D eigenvalue weighted by Gasteiger charge is 2.10. The predicted molar refractivity (Wildman–Crippen MR) is 127 cm³/mol. The third-order valence-electron chi connectivity index (χ3n) is 5.79. The van der Waals surface area contributed by atoms with Crippen molar-refractivity contribution in [2.75, 3.05) is 13.2 Å². The van der Waals surface area contributed by atoms with Crippen molar-refractivity contribution >= 4 is 0 Å². The second-order valence-electron chi connectivity index (χ2n) is 10.1. The van der Waals surface area contributed by atoms with E-state index in [0.717, 1.165) is 61.2 Å². The van der Waals surface area contributed by atoms with Crippen molar-refractivity contribution in [3.05, 3.63) is 23.8 Å². The Hall–Kier alpha value is -1.18. The third-order valence-corrected chi connectivity index (χ3v) is 5.79. The normalized spacial score (nSPS) is 13.7. The SMILES string of the molecule is Cc1ccc(OCCC(C)CCCC(C)C)c(OCCC(C)CCCC(C)C)c1. The molecule has 0 aliphatic rings.